The van der Waals surface area contributed by atoms with Gasteiger partial charge in [-0.15, -0.1) is 10.2 Å². The molecule has 2 bridgehead atoms. The van der Waals surface area contributed by atoms with Gasteiger partial charge in [0.2, 0.25) is 0 Å². The predicted octanol–water partition coefficient (Wildman–Crippen LogP) is 0.669. The molecule has 0 N–H and O–H groups in total. The average Bonchev–Trinajstić information content (AvgIpc) is 3.17. The van der Waals surface area contributed by atoms with E-state index in [-0.39, 0.29) is 0 Å². The van der Waals surface area contributed by atoms with Crippen LogP contribution < -0.4 is 0 Å². The van der Waals surface area contributed by atoms with E-state index in [0.717, 1.165) is 32.0 Å². The summed E-state index contributed by atoms with van der Waals surface area (Å²) in [5.74, 6) is 0.833. The first-order valence-electron chi connectivity index (χ1n) is 7.53. The number of aryl methyl sites for hydroxylation is 1. The van der Waals surface area contributed by atoms with Crippen molar-refractivity contribution >= 4 is 0 Å². The van der Waals surface area contributed by atoms with E-state index in [2.05, 4.69) is 55.5 Å². The van der Waals surface area contributed by atoms with Crippen molar-refractivity contribution in [3.63, 3.8) is 0 Å². The Morgan fingerprint density at radius 1 is 1.05 bits per heavy atom. The molecule has 2 aliphatic heterocycles. The number of hydrogen-bond donors (Lipinski definition) is 0. The van der Waals surface area contributed by atoms with Gasteiger partial charge in [0.1, 0.15) is 0 Å². The molecule has 2 fully saturated rings. The molecule has 0 saturated carbocycles. The number of hydrogen-bond acceptors (Lipinski definition) is 5. The number of piperazine rings is 1. The maximum Gasteiger partial charge on any atom is 0.188 e. The van der Waals surface area contributed by atoms with Crippen molar-refractivity contribution in [1.82, 2.24) is 30.0 Å². The maximum absolute atomic E-state index is 4.28. The molecular weight excluding hydrogens is 264 g/mol. The van der Waals surface area contributed by atoms with Gasteiger partial charge in [-0.05, 0) is 17.2 Å². The molecule has 1 aromatic heterocycles. The Morgan fingerprint density at radius 3 is 2.38 bits per heavy atom. The molecule has 0 unspecified atom stereocenters. The summed E-state index contributed by atoms with van der Waals surface area (Å²) in [7, 11) is 1.81. The summed E-state index contributed by atoms with van der Waals surface area (Å²) in [6.45, 7) is 4.17. The summed E-state index contributed by atoms with van der Waals surface area (Å²) < 4.78 is 0. The molecule has 0 aliphatic carbocycles. The minimum Gasteiger partial charge on any atom is -0.293 e. The first kappa shape index (κ1) is 12.9. The first-order valence-corrected chi connectivity index (χ1v) is 7.53. The molecule has 2 atom stereocenters. The largest absolute Gasteiger partial charge is 0.293 e. The summed E-state index contributed by atoms with van der Waals surface area (Å²) >= 11 is 0. The molecule has 6 heteroatoms. The van der Waals surface area contributed by atoms with Gasteiger partial charge in [-0.2, -0.15) is 4.80 Å². The lowest BCUT2D eigenvalue weighted by atomic mass is 10.2. The summed E-state index contributed by atoms with van der Waals surface area (Å²) in [5.41, 5.74) is 1.41. The number of nitrogens with zero attached hydrogens (tertiary/aromatic N) is 6. The van der Waals surface area contributed by atoms with Gasteiger partial charge in [-0.1, -0.05) is 30.3 Å². The maximum atomic E-state index is 4.28. The lowest BCUT2D eigenvalue weighted by Crippen LogP contribution is -2.45. The fourth-order valence-electron chi connectivity index (χ4n) is 3.61. The van der Waals surface area contributed by atoms with E-state index in [1.807, 2.05) is 7.05 Å². The summed E-state index contributed by atoms with van der Waals surface area (Å²) in [6.07, 6.45) is 1.27. The lowest BCUT2D eigenvalue weighted by Gasteiger charge is -2.33. The molecule has 6 nitrogen and oxygen atoms in total. The van der Waals surface area contributed by atoms with Crippen LogP contribution in [0.4, 0.5) is 0 Å². The third-order valence-corrected chi connectivity index (χ3v) is 4.59. The molecule has 4 rings (SSSR count). The molecule has 1 aromatic carbocycles. The first-order chi connectivity index (χ1) is 10.3. The molecule has 2 aromatic rings. The van der Waals surface area contributed by atoms with Crippen LogP contribution in [0.1, 0.15) is 17.8 Å². The predicted molar refractivity (Wildman–Crippen MR) is 78.3 cm³/mol. The second-order valence-electron chi connectivity index (χ2n) is 6.08. The van der Waals surface area contributed by atoms with Crippen molar-refractivity contribution in [3.8, 4) is 0 Å². The van der Waals surface area contributed by atoms with Crippen molar-refractivity contribution in [3.05, 3.63) is 41.7 Å². The molecule has 21 heavy (non-hydrogen) atoms. The monoisotopic (exact) mass is 284 g/mol. The molecule has 0 radical (unpaired) electrons. The van der Waals surface area contributed by atoms with Crippen molar-refractivity contribution in [2.75, 3.05) is 13.1 Å². The Labute approximate surface area is 124 Å². The minimum absolute atomic E-state index is 0.641. The zero-order valence-corrected chi connectivity index (χ0v) is 12.3. The topological polar surface area (TPSA) is 50.1 Å². The van der Waals surface area contributed by atoms with Crippen LogP contribution in [0.2, 0.25) is 0 Å². The molecule has 2 saturated heterocycles. The Hall–Kier alpha value is -1.79. The van der Waals surface area contributed by atoms with Gasteiger partial charge in [0.15, 0.2) is 5.82 Å². The number of benzene rings is 1. The third-order valence-electron chi connectivity index (χ3n) is 4.59. The van der Waals surface area contributed by atoms with Crippen molar-refractivity contribution in [2.45, 2.75) is 31.6 Å². The van der Waals surface area contributed by atoms with Crippen LogP contribution in [-0.2, 0) is 20.1 Å². The standard InChI is InChI=1S/C15H20N6/c1-19-17-15(16-18-19)11-21-10-13-7-14(21)9-20(13)8-12-5-3-2-4-6-12/h2-6,13-14H,7-11H2,1H3/t13-,14-/m0/s1. The summed E-state index contributed by atoms with van der Waals surface area (Å²) in [4.78, 5) is 6.65. The van der Waals surface area contributed by atoms with E-state index in [1.165, 1.54) is 16.8 Å². The highest BCUT2D eigenvalue weighted by molar-refractivity contribution is 5.15. The third kappa shape index (κ3) is 2.56. The zero-order chi connectivity index (χ0) is 14.2. The van der Waals surface area contributed by atoms with Crippen LogP contribution in [0.3, 0.4) is 0 Å². The molecule has 0 amide bonds. The van der Waals surface area contributed by atoms with E-state index < -0.39 is 0 Å². The average molecular weight is 284 g/mol. The highest BCUT2D eigenvalue weighted by Gasteiger charge is 2.43. The number of tetrazole rings is 1. The second-order valence-corrected chi connectivity index (χ2v) is 6.08. The van der Waals surface area contributed by atoms with Gasteiger partial charge in [0.25, 0.3) is 0 Å². The van der Waals surface area contributed by atoms with Gasteiger partial charge < -0.3 is 0 Å². The quantitative estimate of drug-likeness (QED) is 0.826. The molecule has 110 valence electrons. The Kier molecular flexibility index (Phi) is 3.20. The Morgan fingerprint density at radius 2 is 1.76 bits per heavy atom. The molecule has 2 aliphatic rings. The van der Waals surface area contributed by atoms with E-state index in [1.54, 1.807) is 0 Å². The smallest absolute Gasteiger partial charge is 0.188 e. The lowest BCUT2D eigenvalue weighted by molar-refractivity contribution is 0.115. The molecular formula is C15H20N6. The number of fused-ring (bicyclic) bond motifs is 2. The molecule has 0 spiro atoms. The minimum atomic E-state index is 0.641. The van der Waals surface area contributed by atoms with Gasteiger partial charge in [0.05, 0.1) is 13.6 Å². The van der Waals surface area contributed by atoms with E-state index in [4.69, 9.17) is 0 Å². The zero-order valence-electron chi connectivity index (χ0n) is 12.3. The van der Waals surface area contributed by atoms with Gasteiger partial charge >= 0.3 is 0 Å². The Balaban J connectivity index is 1.37. The highest BCUT2D eigenvalue weighted by atomic mass is 15.6. The number of rotatable bonds is 4. The highest BCUT2D eigenvalue weighted by Crippen LogP contribution is 2.32. The van der Waals surface area contributed by atoms with E-state index in [0.29, 0.717) is 12.1 Å². The SMILES string of the molecule is Cn1nnc(CN2C[C@@H]3C[C@H]2CN3Cc2ccccc2)n1. The van der Waals surface area contributed by atoms with Crippen LogP contribution in [0, 0.1) is 0 Å². The van der Waals surface area contributed by atoms with E-state index in [9.17, 15) is 0 Å². The van der Waals surface area contributed by atoms with Gasteiger partial charge in [0, 0.05) is 31.7 Å². The van der Waals surface area contributed by atoms with Crippen LogP contribution in [0.5, 0.6) is 0 Å². The van der Waals surface area contributed by atoms with Crippen molar-refractivity contribution in [2.24, 2.45) is 7.05 Å². The number of aromatic nitrogens is 4. The van der Waals surface area contributed by atoms with Crippen LogP contribution in [-0.4, -0.2) is 55.2 Å². The second kappa shape index (κ2) is 5.20. The normalized spacial score (nSPS) is 25.8. The van der Waals surface area contributed by atoms with Gasteiger partial charge in [-0.3, -0.25) is 9.80 Å². The van der Waals surface area contributed by atoms with Crippen LogP contribution in [0.25, 0.3) is 0 Å². The van der Waals surface area contributed by atoms with Gasteiger partial charge in [-0.25, -0.2) is 0 Å². The van der Waals surface area contributed by atoms with Crippen molar-refractivity contribution < 1.29 is 0 Å². The number of likely N-dealkylation sites (tertiary alicyclic amines) is 2. The van der Waals surface area contributed by atoms with E-state index >= 15 is 0 Å². The molecule has 3 heterocycles. The summed E-state index contributed by atoms with van der Waals surface area (Å²) in [6, 6.07) is 12.1. The fraction of sp³-hybridized carbons (Fsp3) is 0.533. The summed E-state index contributed by atoms with van der Waals surface area (Å²) in [5, 5.41) is 12.3. The van der Waals surface area contributed by atoms with Crippen molar-refractivity contribution in [1.29, 1.82) is 0 Å². The fourth-order valence-corrected chi connectivity index (χ4v) is 3.61. The van der Waals surface area contributed by atoms with Crippen LogP contribution >= 0.6 is 0 Å². The Bertz CT molecular complexity index is 610. The van der Waals surface area contributed by atoms with Crippen LogP contribution in [0.15, 0.2) is 30.3 Å².